The molecule has 2 amide bonds. The van der Waals surface area contributed by atoms with Crippen LogP contribution in [0.15, 0.2) is 78.2 Å². The zero-order valence-corrected chi connectivity index (χ0v) is 16.7. The third-order valence-corrected chi connectivity index (χ3v) is 5.98. The summed E-state index contributed by atoms with van der Waals surface area (Å²) < 4.78 is 1.15. The maximum atomic E-state index is 12.7. The lowest BCUT2D eigenvalue weighted by Gasteiger charge is -2.14. The van der Waals surface area contributed by atoms with Gasteiger partial charge in [0.2, 0.25) is 11.8 Å². The minimum Gasteiger partial charge on any atom is -0.366 e. The van der Waals surface area contributed by atoms with Crippen LogP contribution in [0, 0.1) is 0 Å². The molecule has 144 valence electrons. The Hall–Kier alpha value is -3.44. The van der Waals surface area contributed by atoms with Gasteiger partial charge in [-0.1, -0.05) is 54.6 Å². The predicted octanol–water partition coefficient (Wildman–Crippen LogP) is 5.41. The number of carbonyl (C=O) groups is 2. The van der Waals surface area contributed by atoms with Gasteiger partial charge in [0, 0.05) is 26.9 Å². The SMILES string of the molecule is CC(C(=O)Nc1ccc(-c2csc3ccccc23)c(C(N)=O)c1)c1ccccc1. The third kappa shape index (κ3) is 3.77. The molecular formula is C24H20N2O2S. The largest absolute Gasteiger partial charge is 0.366 e. The van der Waals surface area contributed by atoms with E-state index in [9.17, 15) is 9.59 Å². The minimum absolute atomic E-state index is 0.139. The molecular weight excluding hydrogens is 380 g/mol. The molecule has 5 heteroatoms. The van der Waals surface area contributed by atoms with Crippen LogP contribution in [0.4, 0.5) is 5.69 Å². The van der Waals surface area contributed by atoms with Crippen LogP contribution in [0.5, 0.6) is 0 Å². The molecule has 0 aliphatic carbocycles. The van der Waals surface area contributed by atoms with Gasteiger partial charge < -0.3 is 11.1 Å². The summed E-state index contributed by atoms with van der Waals surface area (Å²) in [5.74, 6) is -0.975. The van der Waals surface area contributed by atoms with Crippen LogP contribution in [0.25, 0.3) is 21.2 Å². The smallest absolute Gasteiger partial charge is 0.249 e. The number of anilines is 1. The first kappa shape index (κ1) is 18.9. The summed E-state index contributed by atoms with van der Waals surface area (Å²) in [6.07, 6.45) is 0. The summed E-state index contributed by atoms with van der Waals surface area (Å²) >= 11 is 1.62. The molecule has 4 aromatic rings. The number of benzene rings is 3. The maximum Gasteiger partial charge on any atom is 0.249 e. The van der Waals surface area contributed by atoms with Crippen LogP contribution >= 0.6 is 11.3 Å². The third-order valence-electron chi connectivity index (χ3n) is 5.02. The first-order valence-corrected chi connectivity index (χ1v) is 10.2. The van der Waals surface area contributed by atoms with Crippen molar-refractivity contribution in [1.29, 1.82) is 0 Å². The van der Waals surface area contributed by atoms with Gasteiger partial charge in [0.25, 0.3) is 0 Å². The highest BCUT2D eigenvalue weighted by Crippen LogP contribution is 2.36. The van der Waals surface area contributed by atoms with E-state index in [-0.39, 0.29) is 11.8 Å². The van der Waals surface area contributed by atoms with Crippen LogP contribution in [0.1, 0.15) is 28.8 Å². The van der Waals surface area contributed by atoms with Gasteiger partial charge in [0.15, 0.2) is 0 Å². The van der Waals surface area contributed by atoms with Crippen LogP contribution in [-0.4, -0.2) is 11.8 Å². The Bertz CT molecular complexity index is 1200. The van der Waals surface area contributed by atoms with Crippen LogP contribution in [0.2, 0.25) is 0 Å². The van der Waals surface area contributed by atoms with E-state index in [0.717, 1.165) is 26.8 Å². The minimum atomic E-state index is -0.525. The Morgan fingerprint density at radius 2 is 1.66 bits per heavy atom. The molecule has 0 aliphatic heterocycles. The quantitative estimate of drug-likeness (QED) is 0.470. The molecule has 0 saturated heterocycles. The molecule has 0 fully saturated rings. The fourth-order valence-corrected chi connectivity index (χ4v) is 4.35. The summed E-state index contributed by atoms with van der Waals surface area (Å²) in [6.45, 7) is 1.85. The maximum absolute atomic E-state index is 12.7. The topological polar surface area (TPSA) is 72.2 Å². The van der Waals surface area contributed by atoms with E-state index in [0.29, 0.717) is 11.3 Å². The highest BCUT2D eigenvalue weighted by molar-refractivity contribution is 7.17. The Kier molecular flexibility index (Phi) is 5.14. The molecule has 1 atom stereocenters. The second kappa shape index (κ2) is 7.89. The van der Waals surface area contributed by atoms with Crippen molar-refractivity contribution < 1.29 is 9.59 Å². The number of hydrogen-bond acceptors (Lipinski definition) is 3. The summed E-state index contributed by atoms with van der Waals surface area (Å²) in [6, 6.07) is 22.9. The summed E-state index contributed by atoms with van der Waals surface area (Å²) in [5, 5.41) is 6.01. The Morgan fingerprint density at radius 3 is 2.41 bits per heavy atom. The number of thiophene rings is 1. The van der Waals surface area contributed by atoms with Crippen molar-refractivity contribution in [2.24, 2.45) is 5.73 Å². The van der Waals surface area contributed by atoms with E-state index in [1.54, 1.807) is 17.4 Å². The Morgan fingerprint density at radius 1 is 0.931 bits per heavy atom. The average molecular weight is 401 g/mol. The first-order chi connectivity index (χ1) is 14.0. The molecule has 1 aromatic heterocycles. The van der Waals surface area contributed by atoms with E-state index in [4.69, 9.17) is 5.73 Å². The number of nitrogens with two attached hydrogens (primary N) is 1. The lowest BCUT2D eigenvalue weighted by Crippen LogP contribution is -2.19. The normalized spacial score (nSPS) is 11.9. The van der Waals surface area contributed by atoms with Crippen molar-refractivity contribution in [3.63, 3.8) is 0 Å². The molecule has 0 saturated carbocycles. The molecule has 3 N–H and O–H groups in total. The van der Waals surface area contributed by atoms with E-state index >= 15 is 0 Å². The second-order valence-corrected chi connectivity index (χ2v) is 7.80. The molecule has 0 radical (unpaired) electrons. The van der Waals surface area contributed by atoms with Crippen LogP contribution < -0.4 is 11.1 Å². The van der Waals surface area contributed by atoms with E-state index in [1.165, 1.54) is 0 Å². The zero-order valence-electron chi connectivity index (χ0n) is 15.9. The molecule has 0 bridgehead atoms. The van der Waals surface area contributed by atoms with Crippen molar-refractivity contribution in [2.75, 3.05) is 5.32 Å². The van der Waals surface area contributed by atoms with Crippen LogP contribution in [0.3, 0.4) is 0 Å². The van der Waals surface area contributed by atoms with E-state index < -0.39 is 5.91 Å². The summed E-state index contributed by atoms with van der Waals surface area (Å²) in [5.41, 5.74) is 9.27. The number of hydrogen-bond donors (Lipinski definition) is 2. The van der Waals surface area contributed by atoms with Crippen molar-refractivity contribution in [3.05, 3.63) is 89.3 Å². The molecule has 4 rings (SSSR count). The standard InChI is InChI=1S/C24H20N2O2S/c1-15(16-7-3-2-4-8-16)24(28)26-17-11-12-18(20(13-17)23(25)27)21-14-29-22-10-6-5-9-19(21)22/h2-15H,1H3,(H2,25,27)(H,26,28). The van der Waals surface area contributed by atoms with Gasteiger partial charge in [-0.15, -0.1) is 11.3 Å². The van der Waals surface area contributed by atoms with Gasteiger partial charge in [0.1, 0.15) is 0 Å². The summed E-state index contributed by atoms with van der Waals surface area (Å²) in [4.78, 5) is 24.8. The monoisotopic (exact) mass is 400 g/mol. The van der Waals surface area contributed by atoms with Crippen molar-refractivity contribution in [2.45, 2.75) is 12.8 Å². The van der Waals surface area contributed by atoms with Gasteiger partial charge >= 0.3 is 0 Å². The van der Waals surface area contributed by atoms with E-state index in [1.807, 2.05) is 79.0 Å². The number of fused-ring (bicyclic) bond motifs is 1. The fraction of sp³-hybridized carbons (Fsp3) is 0.0833. The average Bonchev–Trinajstić information content (AvgIpc) is 3.17. The molecule has 1 unspecified atom stereocenters. The fourth-order valence-electron chi connectivity index (χ4n) is 3.39. The molecule has 3 aromatic carbocycles. The van der Waals surface area contributed by atoms with Crippen molar-refractivity contribution in [1.82, 2.24) is 0 Å². The lowest BCUT2D eigenvalue weighted by molar-refractivity contribution is -0.117. The number of amides is 2. The van der Waals surface area contributed by atoms with Gasteiger partial charge in [0.05, 0.1) is 5.92 Å². The highest BCUT2D eigenvalue weighted by Gasteiger charge is 2.18. The zero-order chi connectivity index (χ0) is 20.4. The number of primary amides is 1. The number of rotatable bonds is 5. The number of nitrogens with one attached hydrogen (secondary N) is 1. The molecule has 1 heterocycles. The molecule has 4 nitrogen and oxygen atoms in total. The van der Waals surface area contributed by atoms with Gasteiger partial charge in [-0.05, 0) is 41.6 Å². The van der Waals surface area contributed by atoms with Crippen LogP contribution in [-0.2, 0) is 4.79 Å². The van der Waals surface area contributed by atoms with Crippen molar-refractivity contribution >= 4 is 38.9 Å². The van der Waals surface area contributed by atoms with Gasteiger partial charge in [-0.2, -0.15) is 0 Å². The molecule has 0 aliphatic rings. The van der Waals surface area contributed by atoms with Gasteiger partial charge in [-0.3, -0.25) is 9.59 Å². The Balaban J connectivity index is 1.66. The molecule has 29 heavy (non-hydrogen) atoms. The predicted molar refractivity (Wildman–Crippen MR) is 119 cm³/mol. The van der Waals surface area contributed by atoms with E-state index in [2.05, 4.69) is 5.32 Å². The second-order valence-electron chi connectivity index (χ2n) is 6.89. The van der Waals surface area contributed by atoms with Gasteiger partial charge in [-0.25, -0.2) is 0 Å². The lowest BCUT2D eigenvalue weighted by atomic mass is 9.97. The number of carbonyl (C=O) groups excluding carboxylic acids is 2. The summed E-state index contributed by atoms with van der Waals surface area (Å²) in [7, 11) is 0. The van der Waals surface area contributed by atoms with Crippen molar-refractivity contribution in [3.8, 4) is 11.1 Å². The Labute approximate surface area is 173 Å². The first-order valence-electron chi connectivity index (χ1n) is 9.31. The molecule has 0 spiro atoms. The highest BCUT2D eigenvalue weighted by atomic mass is 32.1.